The zero-order valence-corrected chi connectivity index (χ0v) is 13.0. The first kappa shape index (κ1) is 77.9. The molecule has 0 rings (SSSR count). The van der Waals surface area contributed by atoms with Crippen molar-refractivity contribution < 1.29 is 119 Å². The van der Waals surface area contributed by atoms with Gasteiger partial charge in [0.05, 0.1) is 0 Å². The summed E-state index contributed by atoms with van der Waals surface area (Å²) in [6, 6.07) is 0. The molecule has 0 fully saturated rings. The van der Waals surface area contributed by atoms with Crippen LogP contribution in [0.1, 0.15) is 0 Å². The molecule has 0 unspecified atom stereocenters. The van der Waals surface area contributed by atoms with E-state index in [4.69, 9.17) is 0 Å². The van der Waals surface area contributed by atoms with E-state index in [1.165, 1.54) is 0 Å². The number of hydrogen-bond donors (Lipinski definition) is 0. The summed E-state index contributed by atoms with van der Waals surface area (Å²) in [6.45, 7) is 0. The van der Waals surface area contributed by atoms with Crippen LogP contribution in [0.3, 0.4) is 0 Å². The van der Waals surface area contributed by atoms with Gasteiger partial charge in [-0.25, -0.2) is 0 Å². The van der Waals surface area contributed by atoms with E-state index in [2.05, 4.69) is 0 Å². The van der Waals surface area contributed by atoms with Crippen molar-refractivity contribution in [3.8, 4) is 0 Å². The maximum absolute atomic E-state index is 0. The van der Waals surface area contributed by atoms with Gasteiger partial charge in [-0.1, -0.05) is 0 Å². The SMILES string of the molecule is [Cu].[Fe].[MgH2].[Mn].[SiH4].[Ti].[Zn].[Zr]. The molecule has 0 amide bonds. The second-order valence-corrected chi connectivity index (χ2v) is 0. The van der Waals surface area contributed by atoms with Gasteiger partial charge in [0, 0.05) is 119 Å². The Hall–Kier alpha value is 4.76. The summed E-state index contributed by atoms with van der Waals surface area (Å²) in [5, 5.41) is 0. The minimum Gasteiger partial charge on any atom is -0.0149 e. The van der Waals surface area contributed by atoms with Crippen molar-refractivity contribution in [2.75, 3.05) is 0 Å². The quantitative estimate of drug-likeness (QED) is 0.372. The van der Waals surface area contributed by atoms with Gasteiger partial charge in [0.15, 0.2) is 0 Å². The zero-order valence-electron chi connectivity index (χ0n) is 2.74. The second-order valence-electron chi connectivity index (χ2n) is 0. The molecule has 0 N–H and O–H groups in total. The van der Waals surface area contributed by atoms with E-state index in [0.29, 0.717) is 0 Å². The van der Waals surface area contributed by atoms with Gasteiger partial charge in [-0.3, -0.25) is 0 Å². The van der Waals surface area contributed by atoms with Crippen LogP contribution in [0.5, 0.6) is 0 Å². The van der Waals surface area contributed by atoms with Crippen molar-refractivity contribution in [2.45, 2.75) is 0 Å². The predicted molar refractivity (Wildman–Crippen MR) is 19.9 cm³/mol. The van der Waals surface area contributed by atoms with Crippen molar-refractivity contribution in [3.63, 3.8) is 0 Å². The fourth-order valence-corrected chi connectivity index (χ4v) is 0. The van der Waals surface area contributed by atoms with Crippen LogP contribution in [0, 0.1) is 0 Å². The molecule has 0 saturated carbocycles. The minimum absolute atomic E-state index is 0. The van der Waals surface area contributed by atoms with Gasteiger partial charge >= 0.3 is 23.1 Å². The molecule has 0 aromatic carbocycles. The standard InChI is InChI=1S/Cu.Fe.Mg.Mn.H4Si.Ti.Zn.Zr.2H/h;;;;1H4;;;;;. The van der Waals surface area contributed by atoms with Crippen molar-refractivity contribution in [2.24, 2.45) is 0 Å². The van der Waals surface area contributed by atoms with Crippen molar-refractivity contribution in [1.82, 2.24) is 0 Å². The van der Waals surface area contributed by atoms with Crippen molar-refractivity contribution in [3.05, 3.63) is 0 Å². The summed E-state index contributed by atoms with van der Waals surface area (Å²) in [4.78, 5) is 0. The summed E-state index contributed by atoms with van der Waals surface area (Å²) in [7, 11) is 0. The molecule has 0 aliphatic heterocycles. The first-order valence-corrected chi connectivity index (χ1v) is 0. The van der Waals surface area contributed by atoms with Gasteiger partial charge < -0.3 is 0 Å². The summed E-state index contributed by atoms with van der Waals surface area (Å²) >= 11 is 0. The zero-order chi connectivity index (χ0) is 0. The molecule has 8 heavy (non-hydrogen) atoms. The Morgan fingerprint density at radius 2 is 1.00 bits per heavy atom. The third-order valence-corrected chi connectivity index (χ3v) is 0. The molecule has 0 atom stereocenters. The Bertz CT molecular complexity index is 24.0. The molecule has 8 heteroatoms. The molecule has 0 spiro atoms. The monoisotopic (exact) mass is 434 g/mol. The van der Waals surface area contributed by atoms with Gasteiger partial charge in [0.2, 0.25) is 0 Å². The largest absolute Gasteiger partial charge is 0.316 e. The fraction of sp³-hybridized carbons (Fsp3) is 0. The molecule has 48 valence electrons. The van der Waals surface area contributed by atoms with E-state index in [-0.39, 0.29) is 153 Å². The van der Waals surface area contributed by atoms with Crippen LogP contribution in [-0.4, -0.2) is 34.0 Å². The van der Waals surface area contributed by atoms with Crippen LogP contribution in [0.25, 0.3) is 0 Å². The topological polar surface area (TPSA) is 0 Å². The molecule has 0 aromatic rings. The first-order valence-electron chi connectivity index (χ1n) is 0. The van der Waals surface area contributed by atoms with Gasteiger partial charge in [0.25, 0.3) is 0 Å². The minimum atomic E-state index is 0. The van der Waals surface area contributed by atoms with E-state index in [1.54, 1.807) is 0 Å². The maximum Gasteiger partial charge on any atom is 0.316 e. The van der Waals surface area contributed by atoms with Gasteiger partial charge in [-0.05, 0) is 11.0 Å². The number of hydrogen-bond acceptors (Lipinski definition) is 0. The Labute approximate surface area is 149 Å². The summed E-state index contributed by atoms with van der Waals surface area (Å²) in [6.07, 6.45) is 0. The van der Waals surface area contributed by atoms with E-state index in [9.17, 15) is 0 Å². The average molecular weight is 437 g/mol. The van der Waals surface area contributed by atoms with Crippen LogP contribution < -0.4 is 0 Å². The predicted octanol–water partition coefficient (Wildman–Crippen LogP) is -2.38. The van der Waals surface area contributed by atoms with Crippen LogP contribution in [-0.2, 0) is 119 Å². The van der Waals surface area contributed by atoms with E-state index in [1.807, 2.05) is 0 Å². The molecule has 0 nitrogen and oxygen atoms in total. The molecular weight excluding hydrogens is 431 g/mol. The molecule has 0 saturated heterocycles. The maximum atomic E-state index is 0. The van der Waals surface area contributed by atoms with E-state index < -0.39 is 0 Å². The fourth-order valence-electron chi connectivity index (χ4n) is 0. The normalized spacial score (nSPS) is 0. The van der Waals surface area contributed by atoms with E-state index in [0.717, 1.165) is 0 Å². The van der Waals surface area contributed by atoms with Crippen molar-refractivity contribution >= 4 is 34.0 Å². The summed E-state index contributed by atoms with van der Waals surface area (Å²) in [5.74, 6) is 0. The van der Waals surface area contributed by atoms with Gasteiger partial charge in [-0.15, -0.1) is 0 Å². The van der Waals surface area contributed by atoms with Crippen LogP contribution in [0.4, 0.5) is 0 Å². The van der Waals surface area contributed by atoms with Gasteiger partial charge in [0.1, 0.15) is 0 Å². The smallest absolute Gasteiger partial charge is 0.0149 e. The molecule has 0 aliphatic carbocycles. The second kappa shape index (κ2) is 60.1. The van der Waals surface area contributed by atoms with Crippen LogP contribution >= 0.6 is 0 Å². The Morgan fingerprint density at radius 1 is 1.00 bits per heavy atom. The third kappa shape index (κ3) is 45.2. The van der Waals surface area contributed by atoms with Crippen LogP contribution in [0.15, 0.2) is 0 Å². The molecule has 0 aromatic heterocycles. The Kier molecular flexibility index (Phi) is 585. The first-order chi connectivity index (χ1) is 0. The summed E-state index contributed by atoms with van der Waals surface area (Å²) in [5.41, 5.74) is 0. The molecule has 2 radical (unpaired) electrons. The third-order valence-electron chi connectivity index (χ3n) is 0. The molecule has 0 aliphatic rings. The molecule has 0 bridgehead atoms. The van der Waals surface area contributed by atoms with Crippen molar-refractivity contribution in [1.29, 1.82) is 0 Å². The molecule has 0 heterocycles. The average Bonchev–Trinajstić information content (AvgIpc) is 0. The van der Waals surface area contributed by atoms with Crippen LogP contribution in [0.2, 0.25) is 0 Å². The Morgan fingerprint density at radius 3 is 1.00 bits per heavy atom. The summed E-state index contributed by atoms with van der Waals surface area (Å²) < 4.78 is 0. The Balaban J connectivity index is 0. The molecular formula is H6CuFeMgMnSiTiZnZr. The number of rotatable bonds is 0. The van der Waals surface area contributed by atoms with E-state index >= 15 is 0 Å². The van der Waals surface area contributed by atoms with Gasteiger partial charge in [-0.2, -0.15) is 0 Å².